The first-order chi connectivity index (χ1) is 8.66. The van der Waals surface area contributed by atoms with Gasteiger partial charge in [0, 0.05) is 31.2 Å². The van der Waals surface area contributed by atoms with Crippen LogP contribution in [0.3, 0.4) is 0 Å². The van der Waals surface area contributed by atoms with Gasteiger partial charge in [-0.2, -0.15) is 0 Å². The molecule has 0 aromatic heterocycles. The van der Waals surface area contributed by atoms with Crippen LogP contribution in [-0.2, 0) is 0 Å². The Morgan fingerprint density at radius 2 is 1.95 bits per heavy atom. The minimum atomic E-state index is -0.209. The van der Waals surface area contributed by atoms with Crippen LogP contribution < -0.4 is 5.73 Å². The van der Waals surface area contributed by atoms with Gasteiger partial charge < -0.3 is 15.7 Å². The van der Waals surface area contributed by atoms with E-state index in [9.17, 15) is 5.11 Å². The van der Waals surface area contributed by atoms with Crippen molar-refractivity contribution in [1.82, 2.24) is 9.80 Å². The van der Waals surface area contributed by atoms with E-state index in [2.05, 4.69) is 51.6 Å². The summed E-state index contributed by atoms with van der Waals surface area (Å²) in [5, 5.41) is 10.1. The molecule has 4 heteroatoms. The number of likely N-dealkylation sites (tertiary alicyclic amines) is 1. The van der Waals surface area contributed by atoms with E-state index in [-0.39, 0.29) is 17.6 Å². The number of aliphatic hydroxyl groups excluding tert-OH is 1. The average Bonchev–Trinajstić information content (AvgIpc) is 2.56. The lowest BCUT2D eigenvalue weighted by atomic mass is 9.80. The number of hydrogen-bond acceptors (Lipinski definition) is 4. The molecule has 0 bridgehead atoms. The molecule has 1 rings (SSSR count). The van der Waals surface area contributed by atoms with Gasteiger partial charge in [0.15, 0.2) is 0 Å². The molecule has 4 nitrogen and oxygen atoms in total. The Morgan fingerprint density at radius 1 is 1.37 bits per heavy atom. The normalized spacial score (nSPS) is 28.9. The Labute approximate surface area is 118 Å². The van der Waals surface area contributed by atoms with Gasteiger partial charge in [0.2, 0.25) is 0 Å². The van der Waals surface area contributed by atoms with Gasteiger partial charge in [-0.25, -0.2) is 0 Å². The molecule has 0 aromatic rings. The van der Waals surface area contributed by atoms with Crippen LogP contribution in [0, 0.1) is 5.41 Å². The lowest BCUT2D eigenvalue weighted by molar-refractivity contribution is 0.0499. The fourth-order valence-electron chi connectivity index (χ4n) is 3.47. The molecule has 1 aliphatic rings. The van der Waals surface area contributed by atoms with E-state index >= 15 is 0 Å². The molecule has 0 spiro atoms. The fourth-order valence-corrected chi connectivity index (χ4v) is 3.47. The minimum Gasteiger partial charge on any atom is -0.392 e. The van der Waals surface area contributed by atoms with Crippen molar-refractivity contribution in [3.8, 4) is 0 Å². The topological polar surface area (TPSA) is 52.7 Å². The van der Waals surface area contributed by atoms with Gasteiger partial charge >= 0.3 is 0 Å². The first-order valence-corrected chi connectivity index (χ1v) is 7.51. The molecule has 0 aliphatic carbocycles. The minimum absolute atomic E-state index is 0.129. The van der Waals surface area contributed by atoms with Gasteiger partial charge in [-0.3, -0.25) is 4.90 Å². The fraction of sp³-hybridized carbons (Fsp3) is 1.00. The molecule has 3 N–H and O–H groups in total. The predicted octanol–water partition coefficient (Wildman–Crippen LogP) is 1.14. The molecule has 0 radical (unpaired) electrons. The third kappa shape index (κ3) is 4.42. The van der Waals surface area contributed by atoms with Crippen molar-refractivity contribution < 1.29 is 5.11 Å². The largest absolute Gasteiger partial charge is 0.392 e. The number of likely N-dealkylation sites (N-methyl/N-ethyl adjacent to an activating group) is 1. The molecule has 0 amide bonds. The monoisotopic (exact) mass is 271 g/mol. The molecule has 1 heterocycles. The maximum atomic E-state index is 10.1. The highest BCUT2D eigenvalue weighted by Gasteiger charge is 2.42. The van der Waals surface area contributed by atoms with E-state index in [1.165, 1.54) is 0 Å². The number of rotatable bonds is 5. The molecule has 1 aliphatic heterocycles. The Bertz CT molecular complexity index is 275. The second-order valence-electron chi connectivity index (χ2n) is 7.39. The van der Waals surface area contributed by atoms with Crippen LogP contribution >= 0.6 is 0 Å². The van der Waals surface area contributed by atoms with Crippen LogP contribution in [0.15, 0.2) is 0 Å². The quantitative estimate of drug-likeness (QED) is 0.787. The summed E-state index contributed by atoms with van der Waals surface area (Å²) in [4.78, 5) is 4.66. The molecule has 114 valence electrons. The summed E-state index contributed by atoms with van der Waals surface area (Å²) in [6.45, 7) is 10.7. The van der Waals surface area contributed by atoms with Crippen molar-refractivity contribution in [2.24, 2.45) is 11.1 Å². The maximum absolute atomic E-state index is 10.1. The summed E-state index contributed by atoms with van der Waals surface area (Å²) >= 11 is 0. The summed E-state index contributed by atoms with van der Waals surface area (Å²) < 4.78 is 0. The summed E-state index contributed by atoms with van der Waals surface area (Å²) in [5.41, 5.74) is 6.51. The molecule has 0 aromatic carbocycles. The Hall–Kier alpha value is -0.160. The number of β-amino-alcohol motifs (C(OH)–C–C–N with tert-alkyl or cyclic N) is 1. The van der Waals surface area contributed by atoms with Crippen LogP contribution in [0.1, 0.15) is 40.5 Å². The Morgan fingerprint density at radius 3 is 2.37 bits per heavy atom. The SMILES string of the molecule is CCC(N)C(N1CC(O)CC1CN(C)C)C(C)(C)C. The lowest BCUT2D eigenvalue weighted by Crippen LogP contribution is -2.57. The van der Waals surface area contributed by atoms with Gasteiger partial charge in [-0.1, -0.05) is 27.7 Å². The zero-order chi connectivity index (χ0) is 14.8. The standard InChI is InChI=1S/C15H33N3O/c1-7-13(16)14(15(2,3)4)18-10-12(19)8-11(18)9-17(5)6/h11-14,19H,7-10,16H2,1-6H3. The zero-order valence-corrected chi connectivity index (χ0v) is 13.6. The van der Waals surface area contributed by atoms with E-state index in [1.807, 2.05) is 0 Å². The average molecular weight is 271 g/mol. The highest BCUT2D eigenvalue weighted by atomic mass is 16.3. The number of aliphatic hydroxyl groups is 1. The highest BCUT2D eigenvalue weighted by molar-refractivity contribution is 4.98. The first kappa shape index (κ1) is 16.9. The molecule has 1 saturated heterocycles. The molecule has 0 saturated carbocycles. The van der Waals surface area contributed by atoms with Crippen molar-refractivity contribution in [2.75, 3.05) is 27.2 Å². The summed E-state index contributed by atoms with van der Waals surface area (Å²) in [5.74, 6) is 0. The molecule has 19 heavy (non-hydrogen) atoms. The summed E-state index contributed by atoms with van der Waals surface area (Å²) in [6.07, 6.45) is 1.63. The Balaban J connectivity index is 2.92. The van der Waals surface area contributed by atoms with Crippen LogP contribution in [0.25, 0.3) is 0 Å². The zero-order valence-electron chi connectivity index (χ0n) is 13.6. The van der Waals surface area contributed by atoms with Crippen LogP contribution in [0.4, 0.5) is 0 Å². The predicted molar refractivity (Wildman–Crippen MR) is 81.2 cm³/mol. The van der Waals surface area contributed by atoms with E-state index in [4.69, 9.17) is 5.73 Å². The molecule has 4 unspecified atom stereocenters. The summed E-state index contributed by atoms with van der Waals surface area (Å²) in [6, 6.07) is 0.890. The Kier molecular flexibility index (Phi) is 5.80. The van der Waals surface area contributed by atoms with Crippen molar-refractivity contribution in [3.05, 3.63) is 0 Å². The van der Waals surface area contributed by atoms with Crippen LogP contribution in [-0.4, -0.2) is 66.3 Å². The van der Waals surface area contributed by atoms with E-state index in [0.717, 1.165) is 25.9 Å². The van der Waals surface area contributed by atoms with Gasteiger partial charge in [0.25, 0.3) is 0 Å². The third-order valence-electron chi connectivity index (χ3n) is 4.13. The summed E-state index contributed by atoms with van der Waals surface area (Å²) in [7, 11) is 4.18. The second kappa shape index (κ2) is 6.53. The second-order valence-corrected chi connectivity index (χ2v) is 7.39. The molecular weight excluding hydrogens is 238 g/mol. The van der Waals surface area contributed by atoms with Gasteiger partial charge in [0.05, 0.1) is 6.10 Å². The third-order valence-corrected chi connectivity index (χ3v) is 4.13. The van der Waals surface area contributed by atoms with Gasteiger partial charge in [-0.15, -0.1) is 0 Å². The van der Waals surface area contributed by atoms with E-state index in [0.29, 0.717) is 12.1 Å². The van der Waals surface area contributed by atoms with Crippen molar-refractivity contribution in [1.29, 1.82) is 0 Å². The van der Waals surface area contributed by atoms with E-state index < -0.39 is 0 Å². The number of hydrogen-bond donors (Lipinski definition) is 2. The van der Waals surface area contributed by atoms with Crippen LogP contribution in [0.5, 0.6) is 0 Å². The lowest BCUT2D eigenvalue weighted by Gasteiger charge is -2.44. The first-order valence-electron chi connectivity index (χ1n) is 7.51. The molecule has 1 fully saturated rings. The number of nitrogens with zero attached hydrogens (tertiary/aromatic N) is 2. The number of nitrogens with two attached hydrogens (primary N) is 1. The van der Waals surface area contributed by atoms with Crippen molar-refractivity contribution >= 4 is 0 Å². The van der Waals surface area contributed by atoms with Crippen molar-refractivity contribution in [2.45, 2.75) is 64.8 Å². The van der Waals surface area contributed by atoms with E-state index in [1.54, 1.807) is 0 Å². The van der Waals surface area contributed by atoms with Gasteiger partial charge in [0.1, 0.15) is 0 Å². The maximum Gasteiger partial charge on any atom is 0.0682 e. The molecular formula is C15H33N3O. The highest BCUT2D eigenvalue weighted by Crippen LogP contribution is 2.33. The van der Waals surface area contributed by atoms with Crippen LogP contribution in [0.2, 0.25) is 0 Å². The van der Waals surface area contributed by atoms with Gasteiger partial charge in [-0.05, 0) is 32.4 Å². The van der Waals surface area contributed by atoms with Crippen molar-refractivity contribution in [3.63, 3.8) is 0 Å². The smallest absolute Gasteiger partial charge is 0.0682 e. The molecule has 4 atom stereocenters.